The summed E-state index contributed by atoms with van der Waals surface area (Å²) in [7, 11) is 1.78. The molecule has 0 radical (unpaired) electrons. The molecule has 0 unspecified atom stereocenters. The minimum atomic E-state index is 0.0198. The third-order valence-corrected chi connectivity index (χ3v) is 4.32. The van der Waals surface area contributed by atoms with Crippen molar-refractivity contribution in [3.8, 4) is 0 Å². The highest BCUT2D eigenvalue weighted by molar-refractivity contribution is 5.93. The van der Waals surface area contributed by atoms with E-state index in [9.17, 15) is 4.79 Å². The van der Waals surface area contributed by atoms with E-state index in [2.05, 4.69) is 25.0 Å². The van der Waals surface area contributed by atoms with Crippen LogP contribution in [-0.4, -0.2) is 61.7 Å². The zero-order valence-corrected chi connectivity index (χ0v) is 13.3. The number of rotatable bonds is 2. The maximum absolute atomic E-state index is 12.5. The van der Waals surface area contributed by atoms with E-state index in [-0.39, 0.29) is 5.91 Å². The van der Waals surface area contributed by atoms with E-state index in [1.54, 1.807) is 42.7 Å². The van der Waals surface area contributed by atoms with Crippen molar-refractivity contribution in [2.75, 3.05) is 31.1 Å². The van der Waals surface area contributed by atoms with Crippen molar-refractivity contribution >= 4 is 22.6 Å². The number of amides is 1. The number of aryl methyl sites for hydroxylation is 1. The SMILES string of the molecule is Cn1nccc1C(=O)N1CCN(c2ncnc3cnccc23)CC1. The van der Waals surface area contributed by atoms with E-state index in [4.69, 9.17) is 0 Å². The number of piperazine rings is 1. The lowest BCUT2D eigenvalue weighted by Crippen LogP contribution is -2.49. The van der Waals surface area contributed by atoms with Crippen LogP contribution in [0.2, 0.25) is 0 Å². The van der Waals surface area contributed by atoms with Crippen LogP contribution in [0, 0.1) is 0 Å². The van der Waals surface area contributed by atoms with E-state index in [0.717, 1.165) is 29.8 Å². The number of hydrogen-bond acceptors (Lipinski definition) is 6. The first-order valence-corrected chi connectivity index (χ1v) is 7.81. The summed E-state index contributed by atoms with van der Waals surface area (Å²) in [6.45, 7) is 2.78. The van der Waals surface area contributed by atoms with Gasteiger partial charge in [0.15, 0.2) is 0 Å². The number of nitrogens with zero attached hydrogens (tertiary/aromatic N) is 7. The van der Waals surface area contributed by atoms with E-state index in [1.165, 1.54) is 0 Å². The molecule has 4 rings (SSSR count). The lowest BCUT2D eigenvalue weighted by Gasteiger charge is -2.35. The van der Waals surface area contributed by atoms with Gasteiger partial charge in [-0.3, -0.25) is 14.5 Å². The highest BCUT2D eigenvalue weighted by Gasteiger charge is 2.25. The Balaban J connectivity index is 1.52. The quantitative estimate of drug-likeness (QED) is 0.691. The first-order valence-electron chi connectivity index (χ1n) is 7.81. The number of carbonyl (C=O) groups excluding carboxylic acids is 1. The van der Waals surface area contributed by atoms with Gasteiger partial charge in [0, 0.05) is 51.0 Å². The number of fused-ring (bicyclic) bond motifs is 1. The fraction of sp³-hybridized carbons (Fsp3) is 0.312. The number of hydrogen-bond donors (Lipinski definition) is 0. The van der Waals surface area contributed by atoms with Gasteiger partial charge in [0.05, 0.1) is 11.7 Å². The molecule has 1 fully saturated rings. The molecular formula is C16H17N7O. The van der Waals surface area contributed by atoms with Crippen molar-refractivity contribution in [3.63, 3.8) is 0 Å². The van der Waals surface area contributed by atoms with Gasteiger partial charge in [0.25, 0.3) is 5.91 Å². The largest absolute Gasteiger partial charge is 0.352 e. The van der Waals surface area contributed by atoms with Gasteiger partial charge in [0.2, 0.25) is 0 Å². The van der Waals surface area contributed by atoms with Crippen molar-refractivity contribution in [2.24, 2.45) is 7.05 Å². The molecule has 0 aliphatic carbocycles. The van der Waals surface area contributed by atoms with E-state index in [0.29, 0.717) is 18.8 Å². The Kier molecular flexibility index (Phi) is 3.56. The molecule has 1 amide bonds. The smallest absolute Gasteiger partial charge is 0.272 e. The molecule has 8 nitrogen and oxygen atoms in total. The van der Waals surface area contributed by atoms with Gasteiger partial charge >= 0.3 is 0 Å². The van der Waals surface area contributed by atoms with E-state index < -0.39 is 0 Å². The summed E-state index contributed by atoms with van der Waals surface area (Å²) < 4.78 is 1.61. The second-order valence-electron chi connectivity index (χ2n) is 5.71. The van der Waals surface area contributed by atoms with Crippen LogP contribution in [0.5, 0.6) is 0 Å². The minimum Gasteiger partial charge on any atom is -0.352 e. The van der Waals surface area contributed by atoms with Gasteiger partial charge in [-0.25, -0.2) is 9.97 Å². The van der Waals surface area contributed by atoms with Crippen molar-refractivity contribution in [1.29, 1.82) is 0 Å². The van der Waals surface area contributed by atoms with Crippen LogP contribution in [0.1, 0.15) is 10.5 Å². The van der Waals surface area contributed by atoms with Crippen LogP contribution in [0.25, 0.3) is 10.9 Å². The van der Waals surface area contributed by atoms with Gasteiger partial charge < -0.3 is 9.80 Å². The van der Waals surface area contributed by atoms with Crippen molar-refractivity contribution in [3.05, 3.63) is 42.7 Å². The van der Waals surface area contributed by atoms with Gasteiger partial charge in [-0.2, -0.15) is 5.10 Å². The minimum absolute atomic E-state index is 0.0198. The standard InChI is InChI=1S/C16H17N7O/c1-21-14(3-5-20-21)16(24)23-8-6-22(7-9-23)15-12-2-4-17-10-13(12)18-11-19-15/h2-5,10-11H,6-9H2,1H3. The Labute approximate surface area is 138 Å². The summed E-state index contributed by atoms with van der Waals surface area (Å²) in [5.41, 5.74) is 1.44. The molecule has 0 saturated carbocycles. The Hall–Kier alpha value is -3.03. The van der Waals surface area contributed by atoms with Gasteiger partial charge in [-0.05, 0) is 12.1 Å². The molecule has 0 N–H and O–H groups in total. The lowest BCUT2D eigenvalue weighted by atomic mass is 10.2. The van der Waals surface area contributed by atoms with Gasteiger partial charge in [-0.15, -0.1) is 0 Å². The predicted octanol–water partition coefficient (Wildman–Crippen LogP) is 0.721. The third kappa shape index (κ3) is 2.45. The first kappa shape index (κ1) is 14.6. The third-order valence-electron chi connectivity index (χ3n) is 4.32. The highest BCUT2D eigenvalue weighted by Crippen LogP contribution is 2.23. The average molecular weight is 323 g/mol. The fourth-order valence-electron chi connectivity index (χ4n) is 3.01. The summed E-state index contributed by atoms with van der Waals surface area (Å²) in [5.74, 6) is 0.918. The number of anilines is 1. The zero-order valence-electron chi connectivity index (χ0n) is 13.3. The van der Waals surface area contributed by atoms with Crippen molar-refractivity contribution < 1.29 is 4.79 Å². The fourth-order valence-corrected chi connectivity index (χ4v) is 3.01. The van der Waals surface area contributed by atoms with Crippen LogP contribution in [0.15, 0.2) is 37.1 Å². The molecule has 1 aliphatic heterocycles. The second kappa shape index (κ2) is 5.88. The average Bonchev–Trinajstić information content (AvgIpc) is 3.07. The predicted molar refractivity (Wildman–Crippen MR) is 88.7 cm³/mol. The summed E-state index contributed by atoms with van der Waals surface area (Å²) in [5, 5.41) is 5.05. The molecule has 122 valence electrons. The molecule has 0 bridgehead atoms. The summed E-state index contributed by atoms with van der Waals surface area (Å²) in [6.07, 6.45) is 6.69. The molecule has 3 aromatic heterocycles. The molecule has 24 heavy (non-hydrogen) atoms. The van der Waals surface area contributed by atoms with E-state index in [1.807, 2.05) is 11.0 Å². The topological polar surface area (TPSA) is 80.0 Å². The summed E-state index contributed by atoms with van der Waals surface area (Å²) in [6, 6.07) is 3.68. The molecular weight excluding hydrogens is 306 g/mol. The lowest BCUT2D eigenvalue weighted by molar-refractivity contribution is 0.0735. The van der Waals surface area contributed by atoms with Crippen LogP contribution in [0.3, 0.4) is 0 Å². The molecule has 8 heteroatoms. The molecule has 3 aromatic rings. The van der Waals surface area contributed by atoms with Crippen LogP contribution in [0.4, 0.5) is 5.82 Å². The van der Waals surface area contributed by atoms with E-state index >= 15 is 0 Å². The Morgan fingerprint density at radius 2 is 1.92 bits per heavy atom. The van der Waals surface area contributed by atoms with Gasteiger partial charge in [-0.1, -0.05) is 0 Å². The van der Waals surface area contributed by atoms with Crippen LogP contribution in [-0.2, 0) is 7.05 Å². The van der Waals surface area contributed by atoms with Crippen molar-refractivity contribution in [1.82, 2.24) is 29.6 Å². The first-order chi connectivity index (χ1) is 11.7. The Morgan fingerprint density at radius 3 is 2.67 bits per heavy atom. The number of pyridine rings is 1. The monoisotopic (exact) mass is 323 g/mol. The van der Waals surface area contributed by atoms with Crippen LogP contribution < -0.4 is 4.90 Å². The molecule has 0 atom stereocenters. The molecule has 1 aliphatic rings. The molecule has 0 spiro atoms. The summed E-state index contributed by atoms with van der Waals surface area (Å²) >= 11 is 0. The zero-order chi connectivity index (χ0) is 16.5. The molecule has 1 saturated heterocycles. The van der Waals surface area contributed by atoms with Gasteiger partial charge in [0.1, 0.15) is 17.8 Å². The second-order valence-corrected chi connectivity index (χ2v) is 5.71. The molecule has 0 aromatic carbocycles. The normalized spacial score (nSPS) is 15.0. The number of aromatic nitrogens is 5. The maximum Gasteiger partial charge on any atom is 0.272 e. The highest BCUT2D eigenvalue weighted by atomic mass is 16.2. The molecule has 4 heterocycles. The number of carbonyl (C=O) groups is 1. The Morgan fingerprint density at radius 1 is 1.08 bits per heavy atom. The maximum atomic E-state index is 12.5. The van der Waals surface area contributed by atoms with Crippen molar-refractivity contribution in [2.45, 2.75) is 0 Å². The Bertz CT molecular complexity index is 878. The summed E-state index contributed by atoms with van der Waals surface area (Å²) in [4.78, 5) is 29.4. The van der Waals surface area contributed by atoms with Crippen LogP contribution >= 0.6 is 0 Å².